The zero-order valence-electron chi connectivity index (χ0n) is 22.0. The fraction of sp³-hybridized carbons (Fsp3) is 0.467. The molecule has 1 atom stereocenters. The lowest BCUT2D eigenvalue weighted by atomic mass is 9.83. The third-order valence-corrected chi connectivity index (χ3v) is 8.14. The zero-order valence-corrected chi connectivity index (χ0v) is 22.9. The Hall–Kier alpha value is -2.94. The number of anilines is 1. The molecule has 1 aromatic heterocycles. The van der Waals surface area contributed by atoms with Gasteiger partial charge in [0, 0.05) is 35.7 Å². The molecule has 8 heteroatoms. The van der Waals surface area contributed by atoms with Gasteiger partial charge in [-0.3, -0.25) is 10.1 Å². The van der Waals surface area contributed by atoms with Crippen molar-refractivity contribution < 1.29 is 19.0 Å². The molecule has 0 bridgehead atoms. The highest BCUT2D eigenvalue weighted by Crippen LogP contribution is 2.38. The Morgan fingerprint density at radius 3 is 2.68 bits per heavy atom. The Bertz CT molecular complexity index is 1180. The van der Waals surface area contributed by atoms with E-state index in [2.05, 4.69) is 22.8 Å². The second-order valence-corrected chi connectivity index (χ2v) is 10.9. The number of carbonyl (C=O) groups excluding carboxylic acids is 1. The van der Waals surface area contributed by atoms with Gasteiger partial charge in [0.25, 0.3) is 5.91 Å². The summed E-state index contributed by atoms with van der Waals surface area (Å²) in [5.41, 5.74) is 3.69. The summed E-state index contributed by atoms with van der Waals surface area (Å²) in [6.45, 7) is 2.96. The minimum atomic E-state index is -0.195. The largest absolute Gasteiger partial charge is 0.496 e. The molecular weight excluding hydrogens is 498 g/mol. The van der Waals surface area contributed by atoms with Gasteiger partial charge in [-0.15, -0.1) is 11.3 Å². The molecule has 3 aromatic rings. The summed E-state index contributed by atoms with van der Waals surface area (Å²) >= 11 is 1.42. The Kier molecular flexibility index (Phi) is 9.28. The molecule has 1 amide bonds. The van der Waals surface area contributed by atoms with Crippen LogP contribution in [0.1, 0.15) is 66.8 Å². The van der Waals surface area contributed by atoms with Gasteiger partial charge in [0.05, 0.1) is 19.4 Å². The molecule has 202 valence electrons. The third kappa shape index (κ3) is 6.92. The molecule has 1 aliphatic carbocycles. The summed E-state index contributed by atoms with van der Waals surface area (Å²) in [4.78, 5) is 17.6. The Labute approximate surface area is 228 Å². The van der Waals surface area contributed by atoms with Crippen LogP contribution in [0.5, 0.6) is 11.5 Å². The van der Waals surface area contributed by atoms with E-state index in [0.717, 1.165) is 55.4 Å². The molecule has 1 saturated carbocycles. The number of methoxy groups -OCH3 is 1. The number of carbonyl (C=O) groups is 1. The highest BCUT2D eigenvalue weighted by molar-refractivity contribution is 7.14. The second kappa shape index (κ2) is 13.2. The molecule has 5 rings (SSSR count). The molecule has 1 saturated heterocycles. The van der Waals surface area contributed by atoms with Gasteiger partial charge >= 0.3 is 0 Å². The summed E-state index contributed by atoms with van der Waals surface area (Å²) in [6, 6.07) is 14.1. The number of hydrogen-bond donors (Lipinski definition) is 2. The van der Waals surface area contributed by atoms with E-state index in [1.54, 1.807) is 19.2 Å². The van der Waals surface area contributed by atoms with Crippen molar-refractivity contribution in [1.29, 1.82) is 0 Å². The van der Waals surface area contributed by atoms with Crippen LogP contribution in [0.2, 0.25) is 0 Å². The minimum Gasteiger partial charge on any atom is -0.496 e. The van der Waals surface area contributed by atoms with Crippen LogP contribution in [0, 0.1) is 0 Å². The van der Waals surface area contributed by atoms with E-state index in [1.165, 1.54) is 49.0 Å². The first-order valence-corrected chi connectivity index (χ1v) is 14.6. The van der Waals surface area contributed by atoms with E-state index in [1.807, 2.05) is 23.6 Å². The van der Waals surface area contributed by atoms with Crippen LogP contribution >= 0.6 is 11.3 Å². The first-order valence-electron chi connectivity index (χ1n) is 13.7. The Balaban J connectivity index is 1.16. The van der Waals surface area contributed by atoms with E-state index < -0.39 is 0 Å². The van der Waals surface area contributed by atoms with Crippen molar-refractivity contribution in [3.05, 3.63) is 59.0 Å². The molecule has 0 spiro atoms. The van der Waals surface area contributed by atoms with E-state index in [4.69, 9.17) is 19.2 Å². The number of hydrogen-bond acceptors (Lipinski definition) is 7. The Morgan fingerprint density at radius 2 is 1.92 bits per heavy atom. The molecule has 1 aliphatic heterocycles. The topological polar surface area (TPSA) is 81.7 Å². The highest BCUT2D eigenvalue weighted by atomic mass is 32.1. The lowest BCUT2D eigenvalue weighted by molar-refractivity contribution is 0.0693. The van der Waals surface area contributed by atoms with Crippen molar-refractivity contribution in [2.75, 3.05) is 38.8 Å². The fourth-order valence-corrected chi connectivity index (χ4v) is 5.98. The van der Waals surface area contributed by atoms with Crippen molar-refractivity contribution in [2.24, 2.45) is 0 Å². The number of benzene rings is 2. The predicted octanol–water partition coefficient (Wildman–Crippen LogP) is 6.27. The lowest BCUT2D eigenvalue weighted by Gasteiger charge is -2.23. The summed E-state index contributed by atoms with van der Waals surface area (Å²) in [6.07, 6.45) is 8.63. The summed E-state index contributed by atoms with van der Waals surface area (Å²) in [5, 5.41) is 8.94. The van der Waals surface area contributed by atoms with Gasteiger partial charge in [-0.25, -0.2) is 4.98 Å². The lowest BCUT2D eigenvalue weighted by Crippen LogP contribution is -2.38. The first kappa shape index (κ1) is 26.7. The molecule has 2 heterocycles. The number of thiazole rings is 1. The van der Waals surface area contributed by atoms with Crippen molar-refractivity contribution in [3.8, 4) is 22.8 Å². The average Bonchev–Trinajstić information content (AvgIpc) is 3.44. The minimum absolute atomic E-state index is 0.195. The highest BCUT2D eigenvalue weighted by Gasteiger charge is 2.19. The SMILES string of the molecule is COc1ccc(C2CCCCC2)cc1-c1csc(NC(=O)c2ccc(OCCNC3CCCOC3)cc2)n1. The fourth-order valence-electron chi connectivity index (χ4n) is 5.28. The quantitative estimate of drug-likeness (QED) is 0.298. The van der Waals surface area contributed by atoms with E-state index >= 15 is 0 Å². The van der Waals surface area contributed by atoms with Gasteiger partial charge in [-0.1, -0.05) is 25.3 Å². The zero-order chi connectivity index (χ0) is 26.2. The van der Waals surface area contributed by atoms with Gasteiger partial charge in [0.15, 0.2) is 5.13 Å². The maximum atomic E-state index is 12.9. The summed E-state index contributed by atoms with van der Waals surface area (Å²) in [7, 11) is 1.68. The predicted molar refractivity (Wildman–Crippen MR) is 152 cm³/mol. The molecule has 38 heavy (non-hydrogen) atoms. The van der Waals surface area contributed by atoms with Crippen molar-refractivity contribution in [1.82, 2.24) is 10.3 Å². The number of nitrogens with one attached hydrogen (secondary N) is 2. The molecule has 0 radical (unpaired) electrons. The molecule has 1 unspecified atom stereocenters. The van der Waals surface area contributed by atoms with Gasteiger partial charge in [0.1, 0.15) is 18.1 Å². The van der Waals surface area contributed by atoms with Crippen LogP contribution in [-0.2, 0) is 4.74 Å². The molecule has 7 nitrogen and oxygen atoms in total. The summed E-state index contributed by atoms with van der Waals surface area (Å²) < 4.78 is 16.9. The van der Waals surface area contributed by atoms with Gasteiger partial charge in [-0.2, -0.15) is 0 Å². The summed E-state index contributed by atoms with van der Waals surface area (Å²) in [5.74, 6) is 1.94. The number of rotatable bonds is 10. The Morgan fingerprint density at radius 1 is 1.08 bits per heavy atom. The van der Waals surface area contributed by atoms with Crippen LogP contribution in [0.15, 0.2) is 47.8 Å². The maximum absolute atomic E-state index is 12.9. The molecule has 2 fully saturated rings. The third-order valence-electron chi connectivity index (χ3n) is 7.38. The van der Waals surface area contributed by atoms with E-state index in [0.29, 0.717) is 29.3 Å². The van der Waals surface area contributed by atoms with Gasteiger partial charge in [0.2, 0.25) is 0 Å². The molecule has 2 aliphatic rings. The van der Waals surface area contributed by atoms with Crippen LogP contribution in [-0.4, -0.2) is 50.4 Å². The molecular formula is C30H37N3O4S. The van der Waals surface area contributed by atoms with Crippen LogP contribution in [0.3, 0.4) is 0 Å². The van der Waals surface area contributed by atoms with Crippen molar-refractivity contribution >= 4 is 22.4 Å². The smallest absolute Gasteiger partial charge is 0.257 e. The van der Waals surface area contributed by atoms with Gasteiger partial charge in [-0.05, 0) is 73.6 Å². The number of ether oxygens (including phenoxy) is 3. The van der Waals surface area contributed by atoms with Crippen LogP contribution in [0.4, 0.5) is 5.13 Å². The average molecular weight is 536 g/mol. The standard InChI is InChI=1S/C30H37N3O4S/c1-35-28-14-11-23(21-6-3-2-4-7-21)18-26(28)27-20-38-30(32-27)33-29(34)22-9-12-25(13-10-22)37-17-15-31-24-8-5-16-36-19-24/h9-14,18,20-21,24,31H,2-8,15-17,19H2,1H3,(H,32,33,34). The second-order valence-electron chi connectivity index (χ2n) is 10.0. The van der Waals surface area contributed by atoms with Crippen molar-refractivity contribution in [2.45, 2.75) is 56.9 Å². The molecule has 2 N–H and O–H groups in total. The van der Waals surface area contributed by atoms with Crippen molar-refractivity contribution in [3.63, 3.8) is 0 Å². The van der Waals surface area contributed by atoms with E-state index in [9.17, 15) is 4.79 Å². The van der Waals surface area contributed by atoms with Crippen LogP contribution < -0.4 is 20.1 Å². The number of nitrogens with zero attached hydrogens (tertiary/aromatic N) is 1. The number of aromatic nitrogens is 1. The van der Waals surface area contributed by atoms with Crippen LogP contribution in [0.25, 0.3) is 11.3 Å². The monoisotopic (exact) mass is 535 g/mol. The van der Waals surface area contributed by atoms with E-state index in [-0.39, 0.29) is 5.91 Å². The molecule has 2 aromatic carbocycles. The maximum Gasteiger partial charge on any atom is 0.257 e. The van der Waals surface area contributed by atoms with Gasteiger partial charge < -0.3 is 19.5 Å². The number of amides is 1. The first-order chi connectivity index (χ1) is 18.7. The normalized spacial score (nSPS) is 18.2.